The van der Waals surface area contributed by atoms with Gasteiger partial charge in [0.05, 0.1) is 12.5 Å². The normalized spacial score (nSPS) is 12.2. The van der Waals surface area contributed by atoms with Crippen LogP contribution in [0.4, 0.5) is 14.5 Å². The van der Waals surface area contributed by atoms with Crippen LogP contribution in [-0.2, 0) is 0 Å². The lowest BCUT2D eigenvalue weighted by Gasteiger charge is -2.17. The van der Waals surface area contributed by atoms with E-state index in [0.29, 0.717) is 28.8 Å². The number of hydrogen-bond acceptors (Lipinski definition) is 3. The molecule has 92 valence electrons. The summed E-state index contributed by atoms with van der Waals surface area (Å²) in [5.74, 6) is -2.44. The van der Waals surface area contributed by atoms with Crippen LogP contribution in [0.5, 0.6) is 0 Å². The van der Waals surface area contributed by atoms with Crippen LogP contribution < -0.4 is 5.32 Å². The van der Waals surface area contributed by atoms with E-state index in [1.165, 1.54) is 0 Å². The number of alkyl halides is 2. The number of halogens is 2. The first-order valence-corrected chi connectivity index (χ1v) is 6.22. The minimum Gasteiger partial charge on any atom is -0.380 e. The van der Waals surface area contributed by atoms with E-state index in [4.69, 9.17) is 5.26 Å². The zero-order valence-electron chi connectivity index (χ0n) is 9.49. The number of nitrogens with zero attached hydrogens (tertiary/aromatic N) is 1. The van der Waals surface area contributed by atoms with Crippen molar-refractivity contribution in [2.24, 2.45) is 0 Å². The molecule has 1 rings (SSSR count). The maximum Gasteiger partial charge on any atom is 0.288 e. The summed E-state index contributed by atoms with van der Waals surface area (Å²) in [5.41, 5.74) is 0.667. The smallest absolute Gasteiger partial charge is 0.288 e. The Morgan fingerprint density at radius 1 is 1.41 bits per heavy atom. The fourth-order valence-corrected chi connectivity index (χ4v) is 2.02. The van der Waals surface area contributed by atoms with Crippen LogP contribution in [0.25, 0.3) is 0 Å². The molecule has 0 spiro atoms. The van der Waals surface area contributed by atoms with E-state index in [1.54, 1.807) is 24.3 Å². The molecule has 1 aromatic rings. The Morgan fingerprint density at radius 3 is 2.71 bits per heavy atom. The standard InChI is InChI=1S/C12H14F2N2S/c1-2-9(7-8-15)16-10-5-3-4-6-11(10)17-12(13)14/h3-6,9,12,16H,2,7H2,1H3. The Hall–Kier alpha value is -1.28. The molecule has 0 bridgehead atoms. The van der Waals surface area contributed by atoms with Gasteiger partial charge >= 0.3 is 0 Å². The molecule has 0 aliphatic heterocycles. The van der Waals surface area contributed by atoms with Crippen molar-refractivity contribution < 1.29 is 8.78 Å². The third-order valence-electron chi connectivity index (χ3n) is 2.29. The molecule has 0 amide bonds. The highest BCUT2D eigenvalue weighted by molar-refractivity contribution is 7.99. The van der Waals surface area contributed by atoms with Crippen molar-refractivity contribution in [1.29, 1.82) is 5.26 Å². The summed E-state index contributed by atoms with van der Waals surface area (Å²) in [6.07, 6.45) is 1.14. The van der Waals surface area contributed by atoms with Gasteiger partial charge in [-0.3, -0.25) is 0 Å². The van der Waals surface area contributed by atoms with Gasteiger partial charge in [0.2, 0.25) is 0 Å². The molecule has 5 heteroatoms. The lowest BCUT2D eigenvalue weighted by atomic mass is 10.1. The molecule has 0 fully saturated rings. The highest BCUT2D eigenvalue weighted by Crippen LogP contribution is 2.32. The van der Waals surface area contributed by atoms with Gasteiger partial charge in [0, 0.05) is 16.6 Å². The molecule has 0 saturated heterocycles. The van der Waals surface area contributed by atoms with E-state index in [0.717, 1.165) is 6.42 Å². The number of rotatable bonds is 6. The van der Waals surface area contributed by atoms with Crippen LogP contribution in [0.15, 0.2) is 29.2 Å². The largest absolute Gasteiger partial charge is 0.380 e. The predicted molar refractivity (Wildman–Crippen MR) is 66.2 cm³/mol. The fraction of sp³-hybridized carbons (Fsp3) is 0.417. The number of thioether (sulfide) groups is 1. The van der Waals surface area contributed by atoms with Crippen LogP contribution in [0.1, 0.15) is 19.8 Å². The van der Waals surface area contributed by atoms with Crippen molar-refractivity contribution in [3.63, 3.8) is 0 Å². The number of nitriles is 1. The van der Waals surface area contributed by atoms with Crippen molar-refractivity contribution >= 4 is 17.4 Å². The molecular weight excluding hydrogens is 242 g/mol. The van der Waals surface area contributed by atoms with Crippen LogP contribution >= 0.6 is 11.8 Å². The summed E-state index contributed by atoms with van der Waals surface area (Å²) in [4.78, 5) is 0.513. The summed E-state index contributed by atoms with van der Waals surface area (Å²) >= 11 is 0.517. The van der Waals surface area contributed by atoms with Gasteiger partial charge < -0.3 is 5.32 Å². The zero-order valence-corrected chi connectivity index (χ0v) is 10.3. The van der Waals surface area contributed by atoms with Crippen molar-refractivity contribution in [1.82, 2.24) is 0 Å². The van der Waals surface area contributed by atoms with Crippen LogP contribution in [0.2, 0.25) is 0 Å². The first-order chi connectivity index (χ1) is 8.17. The predicted octanol–water partition coefficient (Wildman–Crippen LogP) is 4.11. The SMILES string of the molecule is CCC(CC#N)Nc1ccccc1SC(F)F. The van der Waals surface area contributed by atoms with Gasteiger partial charge in [-0.1, -0.05) is 30.8 Å². The van der Waals surface area contributed by atoms with Crippen molar-refractivity contribution in [3.05, 3.63) is 24.3 Å². The second kappa shape index (κ2) is 7.13. The van der Waals surface area contributed by atoms with Crippen LogP contribution in [0, 0.1) is 11.3 Å². The quantitative estimate of drug-likeness (QED) is 0.778. The Morgan fingerprint density at radius 2 is 2.12 bits per heavy atom. The number of nitrogens with one attached hydrogen (secondary N) is 1. The Kier molecular flexibility index (Phi) is 5.78. The van der Waals surface area contributed by atoms with Crippen molar-refractivity contribution in [3.8, 4) is 6.07 Å². The lowest BCUT2D eigenvalue weighted by Crippen LogP contribution is -2.18. The van der Waals surface area contributed by atoms with Gasteiger partial charge in [-0.2, -0.15) is 14.0 Å². The van der Waals surface area contributed by atoms with Gasteiger partial charge in [0.15, 0.2) is 0 Å². The molecule has 17 heavy (non-hydrogen) atoms. The van der Waals surface area contributed by atoms with E-state index in [9.17, 15) is 8.78 Å². The molecule has 0 aromatic heterocycles. The number of anilines is 1. The molecule has 0 saturated carbocycles. The highest BCUT2D eigenvalue weighted by atomic mass is 32.2. The average molecular weight is 256 g/mol. The van der Waals surface area contributed by atoms with Gasteiger partial charge in [-0.25, -0.2) is 0 Å². The zero-order chi connectivity index (χ0) is 12.7. The number of hydrogen-bond donors (Lipinski definition) is 1. The maximum atomic E-state index is 12.4. The van der Waals surface area contributed by atoms with Gasteiger partial charge in [-0.15, -0.1) is 0 Å². The Labute approximate surface area is 104 Å². The van der Waals surface area contributed by atoms with E-state index in [2.05, 4.69) is 11.4 Å². The second-order valence-electron chi connectivity index (χ2n) is 3.49. The lowest BCUT2D eigenvalue weighted by molar-refractivity contribution is 0.252. The molecule has 1 unspecified atom stereocenters. The summed E-state index contributed by atoms with van der Waals surface area (Å²) in [6.45, 7) is 1.96. The molecular formula is C12H14F2N2S. The third kappa shape index (κ3) is 4.61. The van der Waals surface area contributed by atoms with Gasteiger partial charge in [-0.05, 0) is 18.6 Å². The van der Waals surface area contributed by atoms with Crippen molar-refractivity contribution in [2.75, 3.05) is 5.32 Å². The minimum absolute atomic E-state index is 0.000535. The Balaban J connectivity index is 2.78. The van der Waals surface area contributed by atoms with Gasteiger partial charge in [0.1, 0.15) is 0 Å². The molecule has 1 atom stereocenters. The van der Waals surface area contributed by atoms with E-state index in [1.807, 2.05) is 6.92 Å². The fourth-order valence-electron chi connectivity index (χ4n) is 1.41. The first-order valence-electron chi connectivity index (χ1n) is 5.34. The topological polar surface area (TPSA) is 35.8 Å². The summed E-state index contributed by atoms with van der Waals surface area (Å²) < 4.78 is 24.7. The van der Waals surface area contributed by atoms with E-state index in [-0.39, 0.29) is 6.04 Å². The molecule has 0 heterocycles. The molecule has 0 aliphatic carbocycles. The first kappa shape index (κ1) is 13.8. The maximum absolute atomic E-state index is 12.4. The van der Waals surface area contributed by atoms with Crippen LogP contribution in [0.3, 0.4) is 0 Å². The van der Waals surface area contributed by atoms with Crippen molar-refractivity contribution in [2.45, 2.75) is 36.5 Å². The average Bonchev–Trinajstić information content (AvgIpc) is 2.30. The number of benzene rings is 1. The molecule has 1 N–H and O–H groups in total. The Bertz CT molecular complexity index is 390. The van der Waals surface area contributed by atoms with Gasteiger partial charge in [0.25, 0.3) is 5.76 Å². The minimum atomic E-state index is -2.44. The van der Waals surface area contributed by atoms with E-state index < -0.39 is 5.76 Å². The molecule has 1 aromatic carbocycles. The second-order valence-corrected chi connectivity index (χ2v) is 4.52. The summed E-state index contributed by atoms with van der Waals surface area (Å²) in [6, 6.07) is 9.00. The monoisotopic (exact) mass is 256 g/mol. The highest BCUT2D eigenvalue weighted by Gasteiger charge is 2.12. The molecule has 2 nitrogen and oxygen atoms in total. The van der Waals surface area contributed by atoms with Crippen LogP contribution in [-0.4, -0.2) is 11.8 Å². The molecule has 0 radical (unpaired) electrons. The van der Waals surface area contributed by atoms with E-state index >= 15 is 0 Å². The third-order valence-corrected chi connectivity index (χ3v) is 3.08. The summed E-state index contributed by atoms with van der Waals surface area (Å²) in [7, 11) is 0. The number of para-hydroxylation sites is 1. The summed E-state index contributed by atoms with van der Waals surface area (Å²) in [5, 5.41) is 11.8. The molecule has 0 aliphatic rings.